The average Bonchev–Trinajstić information content (AvgIpc) is 2.97. The molecule has 3 rings (SSSR count). The van der Waals surface area contributed by atoms with Gasteiger partial charge in [-0.1, -0.05) is 31.2 Å². The molecule has 1 N–H and O–H groups in total. The molecule has 0 bridgehead atoms. The molecule has 2 aromatic rings. The van der Waals surface area contributed by atoms with Crippen molar-refractivity contribution in [3.05, 3.63) is 35.8 Å². The molecule has 0 atom stereocenters. The lowest BCUT2D eigenvalue weighted by Crippen LogP contribution is -2.46. The summed E-state index contributed by atoms with van der Waals surface area (Å²) in [6.45, 7) is 9.44. The molecule has 1 aliphatic rings. The third-order valence-electron chi connectivity index (χ3n) is 4.64. The molecular formula is C20H27FN4O2. The maximum Gasteiger partial charge on any atom is 0.407 e. The number of halogens is 1. The molecule has 0 radical (unpaired) electrons. The van der Waals surface area contributed by atoms with Gasteiger partial charge in [0, 0.05) is 11.6 Å². The van der Waals surface area contributed by atoms with Crippen LogP contribution in [0.1, 0.15) is 65.0 Å². The van der Waals surface area contributed by atoms with Crippen LogP contribution in [0, 0.1) is 5.82 Å². The number of carbonyl (C=O) groups excluding carboxylic acids is 1. The molecule has 1 aromatic carbocycles. The molecule has 27 heavy (non-hydrogen) atoms. The van der Waals surface area contributed by atoms with Crippen molar-refractivity contribution in [2.75, 3.05) is 0 Å². The zero-order valence-corrected chi connectivity index (χ0v) is 16.5. The Labute approximate surface area is 159 Å². The molecule has 1 fully saturated rings. The van der Waals surface area contributed by atoms with Crippen molar-refractivity contribution >= 4 is 6.09 Å². The van der Waals surface area contributed by atoms with Gasteiger partial charge in [0.15, 0.2) is 0 Å². The van der Waals surface area contributed by atoms with Gasteiger partial charge in [-0.25, -0.2) is 13.9 Å². The molecule has 1 aromatic heterocycles. The minimum Gasteiger partial charge on any atom is -0.444 e. The van der Waals surface area contributed by atoms with Gasteiger partial charge in [-0.15, -0.1) is 5.10 Å². The minimum absolute atomic E-state index is 0.0697. The monoisotopic (exact) mass is 374 g/mol. The SMILES string of the molecule is CC(C)c1ccc(-c2cn([C@H]3C[C@@H](NC(=O)OC(C)(C)C)C3)nn2)cc1F. The van der Waals surface area contributed by atoms with Gasteiger partial charge < -0.3 is 10.1 Å². The largest absolute Gasteiger partial charge is 0.444 e. The van der Waals surface area contributed by atoms with Gasteiger partial charge in [-0.3, -0.25) is 0 Å². The van der Waals surface area contributed by atoms with Crippen LogP contribution in [0.15, 0.2) is 24.4 Å². The van der Waals surface area contributed by atoms with E-state index in [-0.39, 0.29) is 23.8 Å². The number of carbonyl (C=O) groups is 1. The summed E-state index contributed by atoms with van der Waals surface area (Å²) in [6.07, 6.45) is 2.97. The molecule has 1 aliphatic carbocycles. The Morgan fingerprint density at radius 3 is 2.63 bits per heavy atom. The molecular weight excluding hydrogens is 347 g/mol. The number of amides is 1. The number of hydrogen-bond acceptors (Lipinski definition) is 4. The maximum absolute atomic E-state index is 14.2. The van der Waals surface area contributed by atoms with Crippen molar-refractivity contribution < 1.29 is 13.9 Å². The molecule has 0 saturated heterocycles. The first kappa shape index (κ1) is 19.3. The minimum atomic E-state index is -0.506. The van der Waals surface area contributed by atoms with Crippen LogP contribution in [0.4, 0.5) is 9.18 Å². The van der Waals surface area contributed by atoms with Gasteiger partial charge >= 0.3 is 6.09 Å². The van der Waals surface area contributed by atoms with E-state index in [0.29, 0.717) is 16.8 Å². The standard InChI is InChI=1S/C20H27FN4O2/c1-12(2)16-7-6-13(8-17(16)21)18-11-25(24-23-18)15-9-14(10-15)22-19(26)27-20(3,4)5/h6-8,11-12,14-15H,9-10H2,1-5H3,(H,22,26)/t14-,15+. The van der Waals surface area contributed by atoms with Crippen molar-refractivity contribution in [2.45, 2.75) is 71.1 Å². The van der Waals surface area contributed by atoms with E-state index in [0.717, 1.165) is 12.8 Å². The highest BCUT2D eigenvalue weighted by atomic mass is 19.1. The van der Waals surface area contributed by atoms with Crippen LogP contribution in [-0.2, 0) is 4.74 Å². The lowest BCUT2D eigenvalue weighted by Gasteiger charge is -2.35. The Kier molecular flexibility index (Phi) is 5.22. The fraction of sp³-hybridized carbons (Fsp3) is 0.550. The summed E-state index contributed by atoms with van der Waals surface area (Å²) < 4.78 is 21.3. The number of benzene rings is 1. The van der Waals surface area contributed by atoms with Crippen molar-refractivity contribution in [3.8, 4) is 11.3 Å². The van der Waals surface area contributed by atoms with Gasteiger partial charge in [0.2, 0.25) is 0 Å². The van der Waals surface area contributed by atoms with Crippen LogP contribution in [0.25, 0.3) is 11.3 Å². The van der Waals surface area contributed by atoms with Crippen molar-refractivity contribution in [1.82, 2.24) is 20.3 Å². The molecule has 1 heterocycles. The molecule has 1 saturated carbocycles. The molecule has 0 spiro atoms. The average molecular weight is 374 g/mol. The highest BCUT2D eigenvalue weighted by Crippen LogP contribution is 2.33. The van der Waals surface area contributed by atoms with Crippen molar-refractivity contribution in [1.29, 1.82) is 0 Å². The zero-order valence-electron chi connectivity index (χ0n) is 16.5. The number of alkyl carbamates (subject to hydrolysis) is 1. The van der Waals surface area contributed by atoms with Crippen molar-refractivity contribution in [3.63, 3.8) is 0 Å². The summed E-state index contributed by atoms with van der Waals surface area (Å²) in [5.74, 6) is -0.0820. The maximum atomic E-state index is 14.2. The second kappa shape index (κ2) is 7.29. The summed E-state index contributed by atoms with van der Waals surface area (Å²) in [5.41, 5.74) is 1.55. The summed E-state index contributed by atoms with van der Waals surface area (Å²) in [7, 11) is 0. The first-order valence-electron chi connectivity index (χ1n) is 9.33. The molecule has 1 amide bonds. The molecule has 146 valence electrons. The van der Waals surface area contributed by atoms with E-state index in [1.165, 1.54) is 6.07 Å². The first-order chi connectivity index (χ1) is 12.6. The predicted octanol–water partition coefficient (Wildman–Crippen LogP) is 4.44. The summed E-state index contributed by atoms with van der Waals surface area (Å²) in [5, 5.41) is 11.2. The summed E-state index contributed by atoms with van der Waals surface area (Å²) in [4.78, 5) is 11.8. The Bertz CT molecular complexity index is 820. The molecule has 6 nitrogen and oxygen atoms in total. The second-order valence-corrected chi connectivity index (χ2v) is 8.44. The van der Waals surface area contributed by atoms with Gasteiger partial charge in [-0.05, 0) is 51.2 Å². The Morgan fingerprint density at radius 2 is 2.04 bits per heavy atom. The van der Waals surface area contributed by atoms with Crippen LogP contribution in [0.3, 0.4) is 0 Å². The second-order valence-electron chi connectivity index (χ2n) is 8.44. The Hall–Kier alpha value is -2.44. The molecule has 0 unspecified atom stereocenters. The Balaban J connectivity index is 1.58. The van der Waals surface area contributed by atoms with Crippen LogP contribution >= 0.6 is 0 Å². The van der Waals surface area contributed by atoms with E-state index in [1.807, 2.05) is 46.9 Å². The fourth-order valence-electron chi connectivity index (χ4n) is 3.14. The number of nitrogens with one attached hydrogen (secondary N) is 1. The zero-order chi connectivity index (χ0) is 19.8. The van der Waals surface area contributed by atoms with E-state index in [2.05, 4.69) is 15.6 Å². The smallest absolute Gasteiger partial charge is 0.407 e. The third kappa shape index (κ3) is 4.64. The topological polar surface area (TPSA) is 69.0 Å². The molecule has 0 aliphatic heterocycles. The first-order valence-corrected chi connectivity index (χ1v) is 9.33. The third-order valence-corrected chi connectivity index (χ3v) is 4.64. The van der Waals surface area contributed by atoms with Crippen LogP contribution < -0.4 is 5.32 Å². The summed E-state index contributed by atoms with van der Waals surface area (Å²) in [6, 6.07) is 5.43. The molecule has 7 heteroatoms. The van der Waals surface area contributed by atoms with Crippen LogP contribution in [0.2, 0.25) is 0 Å². The summed E-state index contributed by atoms with van der Waals surface area (Å²) >= 11 is 0. The number of hydrogen-bond donors (Lipinski definition) is 1. The van der Waals surface area contributed by atoms with Crippen molar-refractivity contribution in [2.24, 2.45) is 0 Å². The van der Waals surface area contributed by atoms with E-state index < -0.39 is 11.7 Å². The van der Waals surface area contributed by atoms with Gasteiger partial charge in [0.25, 0.3) is 0 Å². The lowest BCUT2D eigenvalue weighted by molar-refractivity contribution is 0.0452. The Morgan fingerprint density at radius 1 is 1.33 bits per heavy atom. The number of rotatable bonds is 4. The quantitative estimate of drug-likeness (QED) is 0.859. The van der Waals surface area contributed by atoms with Crippen LogP contribution in [0.5, 0.6) is 0 Å². The lowest BCUT2D eigenvalue weighted by atomic mass is 9.87. The number of nitrogens with zero attached hydrogens (tertiary/aromatic N) is 3. The van der Waals surface area contributed by atoms with Crippen LogP contribution in [-0.4, -0.2) is 32.7 Å². The normalized spacial score (nSPS) is 19.7. The van der Waals surface area contributed by atoms with Gasteiger partial charge in [0.1, 0.15) is 17.1 Å². The number of ether oxygens (including phenoxy) is 1. The van der Waals surface area contributed by atoms with E-state index in [9.17, 15) is 9.18 Å². The fourth-order valence-corrected chi connectivity index (χ4v) is 3.14. The predicted molar refractivity (Wildman–Crippen MR) is 101 cm³/mol. The number of aromatic nitrogens is 3. The van der Waals surface area contributed by atoms with E-state index >= 15 is 0 Å². The highest BCUT2D eigenvalue weighted by molar-refractivity contribution is 5.68. The van der Waals surface area contributed by atoms with Gasteiger partial charge in [-0.2, -0.15) is 0 Å². The van der Waals surface area contributed by atoms with E-state index in [1.54, 1.807) is 10.7 Å². The van der Waals surface area contributed by atoms with Gasteiger partial charge in [0.05, 0.1) is 12.2 Å². The highest BCUT2D eigenvalue weighted by Gasteiger charge is 2.33. The van der Waals surface area contributed by atoms with E-state index in [4.69, 9.17) is 4.74 Å².